The number of alkyl halides is 2. The monoisotopic (exact) mass is 348 g/mol. The molecule has 1 atom stereocenters. The Morgan fingerprint density at radius 3 is 2.37 bits per heavy atom. The highest BCUT2D eigenvalue weighted by Gasteiger charge is 2.15. The highest BCUT2D eigenvalue weighted by atomic mass is 79.9. The molecule has 2 rings (SSSR count). The van der Waals surface area contributed by atoms with Crippen LogP contribution in [0.5, 0.6) is 5.75 Å². The van der Waals surface area contributed by atoms with E-state index in [9.17, 15) is 13.9 Å². The summed E-state index contributed by atoms with van der Waals surface area (Å²) < 4.78 is 29.2. The van der Waals surface area contributed by atoms with E-state index in [0.29, 0.717) is 5.56 Å². The Balaban J connectivity index is 2.17. The molecule has 0 radical (unpaired) electrons. The van der Waals surface area contributed by atoms with E-state index in [1.54, 1.807) is 12.1 Å². The molecule has 0 amide bonds. The summed E-state index contributed by atoms with van der Waals surface area (Å²) in [5.41, 5.74) is 0.635. The van der Waals surface area contributed by atoms with Gasteiger partial charge in [-0.25, -0.2) is 0 Å². The number of ether oxygens (including phenoxy) is 1. The molecule has 0 spiro atoms. The maximum atomic E-state index is 12.0. The molecule has 1 unspecified atom stereocenters. The van der Waals surface area contributed by atoms with Gasteiger partial charge in [-0.05, 0) is 46.6 Å². The molecule has 1 N–H and O–H groups in total. The van der Waals surface area contributed by atoms with Crippen LogP contribution in [0.25, 0.3) is 0 Å². The van der Waals surface area contributed by atoms with Gasteiger partial charge in [0, 0.05) is 14.2 Å². The number of aliphatic hydroxyl groups excluding tert-OH is 1. The normalized spacial score (nSPS) is 12.7. The smallest absolute Gasteiger partial charge is 0.387 e. The van der Waals surface area contributed by atoms with Crippen LogP contribution in [0.4, 0.5) is 8.78 Å². The largest absolute Gasteiger partial charge is 0.435 e. The molecule has 102 valence electrons. The van der Waals surface area contributed by atoms with E-state index in [0.717, 1.165) is 14.2 Å². The number of benzene rings is 1. The lowest BCUT2D eigenvalue weighted by atomic mass is 10.1. The standard InChI is InChI=1S/C13H11BrF2O2S/c1-7-10(14)6-11(19-7)12(17)8-2-4-9(5-3-8)18-13(15)16/h2-6,12-13,17H,1H3. The Hall–Kier alpha value is -0.980. The summed E-state index contributed by atoms with van der Waals surface area (Å²) in [5.74, 6) is 0.0782. The minimum atomic E-state index is -2.84. The van der Waals surface area contributed by atoms with Crippen molar-refractivity contribution >= 4 is 27.3 Å². The highest BCUT2D eigenvalue weighted by molar-refractivity contribution is 9.10. The maximum absolute atomic E-state index is 12.0. The summed E-state index contributed by atoms with van der Waals surface area (Å²) in [6.45, 7) is -0.892. The van der Waals surface area contributed by atoms with Crippen molar-refractivity contribution < 1.29 is 18.6 Å². The Labute approximate surface area is 121 Å². The molecule has 0 aliphatic carbocycles. The predicted octanol–water partition coefficient (Wildman–Crippen LogP) is 4.50. The zero-order valence-corrected chi connectivity index (χ0v) is 12.3. The number of thiophene rings is 1. The first-order valence-corrected chi connectivity index (χ1v) is 7.07. The highest BCUT2D eigenvalue weighted by Crippen LogP contribution is 2.34. The number of aliphatic hydroxyl groups is 1. The summed E-state index contributed by atoms with van der Waals surface area (Å²) >= 11 is 4.88. The second-order valence-corrected chi connectivity index (χ2v) is 6.05. The summed E-state index contributed by atoms with van der Waals surface area (Å²) in [6.07, 6.45) is -0.768. The van der Waals surface area contributed by atoms with Gasteiger partial charge < -0.3 is 9.84 Å². The van der Waals surface area contributed by atoms with E-state index in [2.05, 4.69) is 20.7 Å². The lowest BCUT2D eigenvalue weighted by molar-refractivity contribution is -0.0498. The topological polar surface area (TPSA) is 29.5 Å². The molecule has 1 aromatic carbocycles. The average Bonchev–Trinajstić information content (AvgIpc) is 2.69. The van der Waals surface area contributed by atoms with Crippen molar-refractivity contribution in [1.82, 2.24) is 0 Å². The zero-order chi connectivity index (χ0) is 14.0. The SMILES string of the molecule is Cc1sc(C(O)c2ccc(OC(F)F)cc2)cc1Br. The molecule has 6 heteroatoms. The summed E-state index contributed by atoms with van der Waals surface area (Å²) in [7, 11) is 0. The van der Waals surface area contributed by atoms with Crippen molar-refractivity contribution in [3.05, 3.63) is 50.1 Å². The fourth-order valence-corrected chi connectivity index (χ4v) is 3.19. The second kappa shape index (κ2) is 5.98. The van der Waals surface area contributed by atoms with E-state index in [1.165, 1.54) is 23.5 Å². The van der Waals surface area contributed by atoms with Gasteiger partial charge >= 0.3 is 6.61 Å². The molecular weight excluding hydrogens is 338 g/mol. The van der Waals surface area contributed by atoms with Gasteiger partial charge in [0.25, 0.3) is 0 Å². The molecule has 0 saturated heterocycles. The maximum Gasteiger partial charge on any atom is 0.387 e. The van der Waals surface area contributed by atoms with Crippen LogP contribution in [-0.2, 0) is 0 Å². The molecule has 2 nitrogen and oxygen atoms in total. The number of rotatable bonds is 4. The molecule has 0 aliphatic rings. The van der Waals surface area contributed by atoms with Crippen molar-refractivity contribution in [3.63, 3.8) is 0 Å². The molecule has 19 heavy (non-hydrogen) atoms. The van der Waals surface area contributed by atoms with Gasteiger partial charge in [-0.2, -0.15) is 8.78 Å². The van der Waals surface area contributed by atoms with Gasteiger partial charge in [-0.1, -0.05) is 12.1 Å². The molecule has 2 aromatic rings. The Morgan fingerprint density at radius 1 is 1.26 bits per heavy atom. The molecule has 1 aromatic heterocycles. The molecule has 0 saturated carbocycles. The Kier molecular flexibility index (Phi) is 4.54. The zero-order valence-electron chi connectivity index (χ0n) is 9.94. The first kappa shape index (κ1) is 14.4. The predicted molar refractivity (Wildman–Crippen MR) is 73.9 cm³/mol. The fraction of sp³-hybridized carbons (Fsp3) is 0.231. The third-order valence-corrected chi connectivity index (χ3v) is 4.76. The van der Waals surface area contributed by atoms with E-state index in [1.807, 2.05) is 13.0 Å². The van der Waals surface area contributed by atoms with Crippen LogP contribution in [0, 0.1) is 6.92 Å². The van der Waals surface area contributed by atoms with E-state index in [-0.39, 0.29) is 5.75 Å². The van der Waals surface area contributed by atoms with Crippen molar-refractivity contribution in [1.29, 1.82) is 0 Å². The third kappa shape index (κ3) is 3.52. The van der Waals surface area contributed by atoms with Crippen molar-refractivity contribution in [2.24, 2.45) is 0 Å². The van der Waals surface area contributed by atoms with Crippen molar-refractivity contribution in [2.75, 3.05) is 0 Å². The third-order valence-electron chi connectivity index (χ3n) is 2.57. The van der Waals surface area contributed by atoms with Gasteiger partial charge in [0.1, 0.15) is 11.9 Å². The van der Waals surface area contributed by atoms with Gasteiger partial charge in [0.05, 0.1) is 0 Å². The number of aryl methyl sites for hydroxylation is 1. The fourth-order valence-electron chi connectivity index (χ4n) is 1.61. The van der Waals surface area contributed by atoms with Crippen LogP contribution >= 0.6 is 27.3 Å². The molecule has 0 bridgehead atoms. The number of hydrogen-bond donors (Lipinski definition) is 1. The van der Waals surface area contributed by atoms with Crippen LogP contribution in [0.3, 0.4) is 0 Å². The van der Waals surface area contributed by atoms with E-state index >= 15 is 0 Å². The Bertz CT molecular complexity index is 535. The first-order valence-electron chi connectivity index (χ1n) is 5.46. The summed E-state index contributed by atoms with van der Waals surface area (Å²) in [4.78, 5) is 1.87. The van der Waals surface area contributed by atoms with Crippen LogP contribution in [-0.4, -0.2) is 11.7 Å². The van der Waals surface area contributed by atoms with Crippen LogP contribution in [0.2, 0.25) is 0 Å². The molecule has 0 aliphatic heterocycles. The van der Waals surface area contributed by atoms with E-state index in [4.69, 9.17) is 0 Å². The number of halogens is 3. The van der Waals surface area contributed by atoms with Crippen molar-refractivity contribution in [2.45, 2.75) is 19.6 Å². The van der Waals surface area contributed by atoms with Crippen molar-refractivity contribution in [3.8, 4) is 5.75 Å². The number of hydrogen-bond acceptors (Lipinski definition) is 3. The average molecular weight is 349 g/mol. The molecule has 0 fully saturated rings. The second-order valence-electron chi connectivity index (χ2n) is 3.90. The Morgan fingerprint density at radius 2 is 1.89 bits per heavy atom. The van der Waals surface area contributed by atoms with Crippen LogP contribution < -0.4 is 4.74 Å². The first-order chi connectivity index (χ1) is 8.97. The summed E-state index contributed by atoms with van der Waals surface area (Å²) in [5, 5.41) is 10.2. The quantitative estimate of drug-likeness (QED) is 0.881. The van der Waals surface area contributed by atoms with Gasteiger partial charge in [0.2, 0.25) is 0 Å². The van der Waals surface area contributed by atoms with Gasteiger partial charge in [0.15, 0.2) is 0 Å². The lowest BCUT2D eigenvalue weighted by Crippen LogP contribution is -2.02. The van der Waals surface area contributed by atoms with Crippen LogP contribution in [0.1, 0.15) is 21.4 Å². The summed E-state index contributed by atoms with van der Waals surface area (Å²) in [6, 6.07) is 7.84. The molecule has 1 heterocycles. The minimum absolute atomic E-state index is 0.0782. The van der Waals surface area contributed by atoms with Gasteiger partial charge in [-0.3, -0.25) is 0 Å². The lowest BCUT2D eigenvalue weighted by Gasteiger charge is -2.10. The molecular formula is C13H11BrF2O2S. The van der Waals surface area contributed by atoms with Crippen LogP contribution in [0.15, 0.2) is 34.8 Å². The van der Waals surface area contributed by atoms with Gasteiger partial charge in [-0.15, -0.1) is 11.3 Å². The van der Waals surface area contributed by atoms with E-state index < -0.39 is 12.7 Å². The minimum Gasteiger partial charge on any atom is -0.435 e.